The van der Waals surface area contributed by atoms with Crippen LogP contribution in [0.25, 0.3) is 0 Å². The van der Waals surface area contributed by atoms with Gasteiger partial charge in [0.1, 0.15) is 25.4 Å². The fourth-order valence-corrected chi connectivity index (χ4v) is 4.67. The Morgan fingerprint density at radius 1 is 1.16 bits per heavy atom. The summed E-state index contributed by atoms with van der Waals surface area (Å²) in [4.78, 5) is 7.43. The van der Waals surface area contributed by atoms with Crippen LogP contribution in [-0.4, -0.2) is 65.0 Å². The second-order valence-electron chi connectivity index (χ2n) is 9.01. The molecule has 2 unspecified atom stereocenters. The molecule has 1 saturated heterocycles. The van der Waals surface area contributed by atoms with Crippen LogP contribution >= 0.6 is 0 Å². The first kappa shape index (κ1) is 22.4. The molecular weight excluding hydrogens is 404 g/mol. The number of aromatic nitrogens is 3. The summed E-state index contributed by atoms with van der Waals surface area (Å²) in [5.74, 6) is 5.05. The highest BCUT2D eigenvalue weighted by atomic mass is 16.6. The maximum Gasteiger partial charge on any atom is 0.194 e. The van der Waals surface area contributed by atoms with Gasteiger partial charge in [-0.2, -0.15) is 0 Å². The van der Waals surface area contributed by atoms with Crippen molar-refractivity contribution in [2.24, 2.45) is 16.8 Å². The van der Waals surface area contributed by atoms with Crippen molar-refractivity contribution in [2.75, 3.05) is 39.4 Å². The highest BCUT2D eigenvalue weighted by Crippen LogP contribution is 2.30. The number of nitrogens with one attached hydrogen (secondary N) is 1. The average Bonchev–Trinajstić information content (AvgIpc) is 3.25. The molecule has 1 N–H and O–H groups in total. The minimum Gasteiger partial charge on any atom is -0.486 e. The number of fused-ring (bicyclic) bond motifs is 1. The normalized spacial score (nSPS) is 21.0. The van der Waals surface area contributed by atoms with E-state index in [4.69, 9.17) is 14.5 Å². The molecule has 1 aromatic carbocycles. The number of likely N-dealkylation sites (tertiary alicyclic amines) is 1. The molecule has 0 bridgehead atoms. The van der Waals surface area contributed by atoms with Gasteiger partial charge in [-0.3, -0.25) is 4.99 Å². The van der Waals surface area contributed by atoms with E-state index in [0.717, 1.165) is 68.8 Å². The Labute approximate surface area is 191 Å². The molecule has 4 rings (SSSR count). The Balaban J connectivity index is 1.40. The van der Waals surface area contributed by atoms with Crippen LogP contribution in [0.15, 0.2) is 29.5 Å². The molecule has 2 aliphatic rings. The summed E-state index contributed by atoms with van der Waals surface area (Å²) in [6.45, 7) is 12.5. The standard InChI is InChI=1S/C24H36N6O2/c1-4-23-28-27-17-29(23)10-9-26-24(30-15-18(2)13-19(3)16-30)25-8-7-20-5-6-21-22(14-20)32-12-11-31-21/h5-6,14,17-19H,4,7-13,15-16H2,1-3H3,(H,25,26). The van der Waals surface area contributed by atoms with Gasteiger partial charge in [-0.05, 0) is 42.4 Å². The molecule has 3 heterocycles. The van der Waals surface area contributed by atoms with Gasteiger partial charge in [0.15, 0.2) is 17.5 Å². The molecule has 2 aliphatic heterocycles. The molecule has 2 aromatic rings. The molecule has 0 radical (unpaired) electrons. The summed E-state index contributed by atoms with van der Waals surface area (Å²) in [7, 11) is 0. The van der Waals surface area contributed by atoms with Crippen molar-refractivity contribution in [3.05, 3.63) is 35.9 Å². The van der Waals surface area contributed by atoms with E-state index >= 15 is 0 Å². The molecule has 8 nitrogen and oxygen atoms in total. The molecule has 8 heteroatoms. The van der Waals surface area contributed by atoms with E-state index in [1.165, 1.54) is 12.0 Å². The molecule has 1 aromatic heterocycles. The van der Waals surface area contributed by atoms with Gasteiger partial charge in [0.05, 0.1) is 0 Å². The topological polar surface area (TPSA) is 76.8 Å². The Bertz CT molecular complexity index is 902. The van der Waals surface area contributed by atoms with Crippen molar-refractivity contribution in [1.29, 1.82) is 0 Å². The second kappa shape index (κ2) is 10.7. The van der Waals surface area contributed by atoms with Gasteiger partial charge in [-0.15, -0.1) is 10.2 Å². The van der Waals surface area contributed by atoms with Gasteiger partial charge >= 0.3 is 0 Å². The van der Waals surface area contributed by atoms with Crippen molar-refractivity contribution in [3.8, 4) is 11.5 Å². The van der Waals surface area contributed by atoms with E-state index in [9.17, 15) is 0 Å². The van der Waals surface area contributed by atoms with Gasteiger partial charge in [0.2, 0.25) is 0 Å². The number of hydrogen-bond acceptors (Lipinski definition) is 5. The van der Waals surface area contributed by atoms with Gasteiger partial charge in [0.25, 0.3) is 0 Å². The smallest absolute Gasteiger partial charge is 0.194 e. The minimum absolute atomic E-state index is 0.611. The number of hydrogen-bond donors (Lipinski definition) is 1. The fraction of sp³-hybridized carbons (Fsp3) is 0.625. The van der Waals surface area contributed by atoms with Crippen molar-refractivity contribution in [2.45, 2.75) is 46.6 Å². The van der Waals surface area contributed by atoms with E-state index in [-0.39, 0.29) is 0 Å². The minimum atomic E-state index is 0.611. The van der Waals surface area contributed by atoms with E-state index < -0.39 is 0 Å². The van der Waals surface area contributed by atoms with Crippen LogP contribution in [-0.2, 0) is 19.4 Å². The summed E-state index contributed by atoms with van der Waals surface area (Å²) in [6.07, 6.45) is 4.84. The van der Waals surface area contributed by atoms with Crippen LogP contribution in [0.5, 0.6) is 11.5 Å². The lowest BCUT2D eigenvalue weighted by Crippen LogP contribution is -2.49. The molecule has 174 valence electrons. The predicted molar refractivity (Wildman–Crippen MR) is 125 cm³/mol. The van der Waals surface area contributed by atoms with Gasteiger partial charge < -0.3 is 24.3 Å². The first-order valence-electron chi connectivity index (χ1n) is 11.9. The van der Waals surface area contributed by atoms with Crippen LogP contribution in [0.4, 0.5) is 0 Å². The Morgan fingerprint density at radius 3 is 2.72 bits per heavy atom. The number of guanidine groups is 1. The van der Waals surface area contributed by atoms with Crippen LogP contribution in [0.3, 0.4) is 0 Å². The Kier molecular flexibility index (Phi) is 7.50. The lowest BCUT2D eigenvalue weighted by atomic mass is 9.92. The van der Waals surface area contributed by atoms with Gasteiger partial charge in [0, 0.05) is 39.1 Å². The van der Waals surface area contributed by atoms with Gasteiger partial charge in [-0.1, -0.05) is 26.8 Å². The van der Waals surface area contributed by atoms with Crippen molar-refractivity contribution in [3.63, 3.8) is 0 Å². The fourth-order valence-electron chi connectivity index (χ4n) is 4.67. The van der Waals surface area contributed by atoms with E-state index in [2.05, 4.69) is 57.9 Å². The zero-order chi connectivity index (χ0) is 22.3. The van der Waals surface area contributed by atoms with Crippen LogP contribution < -0.4 is 14.8 Å². The lowest BCUT2D eigenvalue weighted by Gasteiger charge is -2.37. The predicted octanol–water partition coefficient (Wildman–Crippen LogP) is 2.78. The maximum atomic E-state index is 5.72. The zero-order valence-corrected chi connectivity index (χ0v) is 19.6. The van der Waals surface area contributed by atoms with Crippen molar-refractivity contribution < 1.29 is 9.47 Å². The number of aliphatic imine (C=N–C) groups is 1. The molecule has 1 fully saturated rings. The molecule has 0 aliphatic carbocycles. The second-order valence-corrected chi connectivity index (χ2v) is 9.01. The molecule has 0 amide bonds. The number of aryl methyl sites for hydroxylation is 1. The van der Waals surface area contributed by atoms with E-state index in [1.54, 1.807) is 0 Å². The summed E-state index contributed by atoms with van der Waals surface area (Å²) < 4.78 is 13.5. The number of benzene rings is 1. The van der Waals surface area contributed by atoms with E-state index in [1.807, 2.05) is 12.4 Å². The monoisotopic (exact) mass is 440 g/mol. The molecule has 2 atom stereocenters. The Hall–Kier alpha value is -2.77. The highest BCUT2D eigenvalue weighted by Gasteiger charge is 2.24. The van der Waals surface area contributed by atoms with Crippen LogP contribution in [0.1, 0.15) is 38.6 Å². The largest absolute Gasteiger partial charge is 0.486 e. The molecule has 0 saturated carbocycles. The van der Waals surface area contributed by atoms with Crippen LogP contribution in [0.2, 0.25) is 0 Å². The Morgan fingerprint density at radius 2 is 1.94 bits per heavy atom. The van der Waals surface area contributed by atoms with Crippen molar-refractivity contribution >= 4 is 5.96 Å². The van der Waals surface area contributed by atoms with Gasteiger partial charge in [-0.25, -0.2) is 0 Å². The number of ether oxygens (including phenoxy) is 2. The number of rotatable bonds is 7. The van der Waals surface area contributed by atoms with Crippen LogP contribution in [0, 0.1) is 11.8 Å². The average molecular weight is 441 g/mol. The third-order valence-electron chi connectivity index (χ3n) is 6.08. The maximum absolute atomic E-state index is 5.72. The molecular formula is C24H36N6O2. The quantitative estimate of drug-likeness (QED) is 0.527. The zero-order valence-electron chi connectivity index (χ0n) is 19.6. The lowest BCUT2D eigenvalue weighted by molar-refractivity contribution is 0.171. The third-order valence-corrected chi connectivity index (χ3v) is 6.08. The summed E-state index contributed by atoms with van der Waals surface area (Å²) in [6, 6.07) is 6.20. The molecule has 32 heavy (non-hydrogen) atoms. The summed E-state index contributed by atoms with van der Waals surface area (Å²) in [5.41, 5.74) is 1.22. The third kappa shape index (κ3) is 5.72. The first-order valence-corrected chi connectivity index (χ1v) is 11.9. The molecule has 0 spiro atoms. The highest BCUT2D eigenvalue weighted by molar-refractivity contribution is 5.80. The first-order chi connectivity index (χ1) is 15.6. The van der Waals surface area contributed by atoms with Crippen molar-refractivity contribution in [1.82, 2.24) is 25.0 Å². The van der Waals surface area contributed by atoms with E-state index in [0.29, 0.717) is 25.0 Å². The summed E-state index contributed by atoms with van der Waals surface area (Å²) >= 11 is 0. The SMILES string of the molecule is CCc1nncn1CCNC(=NCCc1ccc2c(c1)OCCO2)N1CC(C)CC(C)C1. The number of piperidine rings is 1. The number of nitrogens with zero attached hydrogens (tertiary/aromatic N) is 5. The summed E-state index contributed by atoms with van der Waals surface area (Å²) in [5, 5.41) is 11.8.